The second-order valence-corrected chi connectivity index (χ2v) is 7.88. The number of aromatic nitrogens is 1. The van der Waals surface area contributed by atoms with E-state index in [-0.39, 0.29) is 0 Å². The molecule has 0 saturated heterocycles. The average molecular weight is 274 g/mol. The lowest BCUT2D eigenvalue weighted by Crippen LogP contribution is -2.46. The molecule has 5 rings (SSSR count). The molecule has 4 aliphatic rings. The summed E-state index contributed by atoms with van der Waals surface area (Å²) in [6, 6.07) is 0. The molecule has 4 aliphatic carbocycles. The Hall–Kier alpha value is -0.670. The fourth-order valence-electron chi connectivity index (χ4n) is 5.25. The van der Waals surface area contributed by atoms with Crippen molar-refractivity contribution >= 4 is 16.9 Å². The summed E-state index contributed by atoms with van der Waals surface area (Å²) in [5.41, 5.74) is 8.42. The molecule has 2 nitrogen and oxygen atoms in total. The Morgan fingerprint density at radius 3 is 2.32 bits per heavy atom. The largest absolute Gasteiger partial charge is 0.325 e. The van der Waals surface area contributed by atoms with Crippen LogP contribution in [0.2, 0.25) is 0 Å². The molecule has 4 fully saturated rings. The van der Waals surface area contributed by atoms with Crippen molar-refractivity contribution in [3.05, 3.63) is 22.7 Å². The minimum absolute atomic E-state index is 0.387. The van der Waals surface area contributed by atoms with Crippen molar-refractivity contribution in [3.8, 4) is 0 Å². The number of nitrogens with zero attached hydrogens (tertiary/aromatic N) is 1. The zero-order chi connectivity index (χ0) is 13.0. The van der Waals surface area contributed by atoms with E-state index in [4.69, 9.17) is 5.73 Å². The van der Waals surface area contributed by atoms with E-state index in [9.17, 15) is 0 Å². The van der Waals surface area contributed by atoms with Crippen LogP contribution in [0, 0.1) is 23.2 Å². The Morgan fingerprint density at radius 2 is 1.84 bits per heavy atom. The zero-order valence-electron chi connectivity index (χ0n) is 11.4. The molecule has 1 heterocycles. The molecule has 2 N–H and O–H groups in total. The van der Waals surface area contributed by atoms with Crippen molar-refractivity contribution in [2.75, 3.05) is 0 Å². The summed E-state index contributed by atoms with van der Waals surface area (Å²) in [5, 5.41) is 3.25. The Bertz CT molecular complexity index is 481. The van der Waals surface area contributed by atoms with Crippen molar-refractivity contribution in [2.24, 2.45) is 28.9 Å². The van der Waals surface area contributed by atoms with Gasteiger partial charge >= 0.3 is 0 Å². The maximum absolute atomic E-state index is 5.68. The average Bonchev–Trinajstić information content (AvgIpc) is 2.84. The fraction of sp³-hybridized carbons (Fsp3) is 0.688. The van der Waals surface area contributed by atoms with Gasteiger partial charge in [-0.1, -0.05) is 6.58 Å². The Balaban J connectivity index is 1.66. The molecule has 0 aromatic carbocycles. The van der Waals surface area contributed by atoms with Crippen LogP contribution in [0.25, 0.3) is 5.57 Å². The first-order valence-electron chi connectivity index (χ1n) is 7.53. The van der Waals surface area contributed by atoms with Gasteiger partial charge in [-0.2, -0.15) is 0 Å². The number of rotatable bonds is 3. The van der Waals surface area contributed by atoms with Crippen molar-refractivity contribution in [2.45, 2.75) is 45.1 Å². The second kappa shape index (κ2) is 4.16. The van der Waals surface area contributed by atoms with Gasteiger partial charge in [-0.3, -0.25) is 0 Å². The molecule has 0 unspecified atom stereocenters. The van der Waals surface area contributed by atoms with Gasteiger partial charge < -0.3 is 5.73 Å². The van der Waals surface area contributed by atoms with Crippen LogP contribution in [0.15, 0.2) is 12.0 Å². The summed E-state index contributed by atoms with van der Waals surface area (Å²) in [5.74, 6) is 2.91. The van der Waals surface area contributed by atoms with Crippen molar-refractivity contribution in [3.63, 3.8) is 0 Å². The topological polar surface area (TPSA) is 38.9 Å². The van der Waals surface area contributed by atoms with Crippen molar-refractivity contribution in [1.29, 1.82) is 0 Å². The zero-order valence-corrected chi connectivity index (χ0v) is 12.2. The predicted molar refractivity (Wildman–Crippen MR) is 79.6 cm³/mol. The number of nitrogens with two attached hydrogens (primary N) is 1. The van der Waals surface area contributed by atoms with E-state index in [1.165, 1.54) is 44.1 Å². The van der Waals surface area contributed by atoms with Crippen molar-refractivity contribution < 1.29 is 0 Å². The molecule has 0 radical (unpaired) electrons. The monoisotopic (exact) mass is 274 g/mol. The highest BCUT2D eigenvalue weighted by Crippen LogP contribution is 2.64. The van der Waals surface area contributed by atoms with Crippen LogP contribution in [0.5, 0.6) is 0 Å². The Morgan fingerprint density at radius 1 is 1.26 bits per heavy atom. The molecule has 4 bridgehead atoms. The summed E-state index contributed by atoms with van der Waals surface area (Å²) < 4.78 is 0. The summed E-state index contributed by atoms with van der Waals surface area (Å²) in [4.78, 5) is 4.68. The Kier molecular flexibility index (Phi) is 2.65. The van der Waals surface area contributed by atoms with Crippen LogP contribution in [-0.4, -0.2) is 4.98 Å². The first kappa shape index (κ1) is 12.1. The molecule has 1 aromatic rings. The Labute approximate surface area is 119 Å². The van der Waals surface area contributed by atoms with Crippen LogP contribution in [0.3, 0.4) is 0 Å². The van der Waals surface area contributed by atoms with E-state index in [0.717, 1.165) is 28.5 Å². The van der Waals surface area contributed by atoms with Crippen LogP contribution in [-0.2, 0) is 6.54 Å². The molecule has 102 valence electrons. The van der Waals surface area contributed by atoms with Crippen LogP contribution in [0.4, 0.5) is 0 Å². The van der Waals surface area contributed by atoms with E-state index in [1.54, 1.807) is 11.3 Å². The SMILES string of the molecule is C=C(c1nc(CN)cs1)C12CC3CC(CC(C3)C1)C2. The maximum Gasteiger partial charge on any atom is 0.119 e. The highest BCUT2D eigenvalue weighted by atomic mass is 32.1. The molecule has 0 aliphatic heterocycles. The molecule has 0 atom stereocenters. The quantitative estimate of drug-likeness (QED) is 0.909. The molecule has 1 aromatic heterocycles. The summed E-state index contributed by atoms with van der Waals surface area (Å²) in [6.07, 6.45) is 8.56. The molecular formula is C16H22N2S. The lowest BCUT2D eigenvalue weighted by atomic mass is 9.48. The first-order chi connectivity index (χ1) is 9.18. The lowest BCUT2D eigenvalue weighted by molar-refractivity contribution is -0.0176. The number of hydrogen-bond acceptors (Lipinski definition) is 3. The van der Waals surface area contributed by atoms with Gasteiger partial charge in [0.15, 0.2) is 0 Å². The first-order valence-corrected chi connectivity index (χ1v) is 8.41. The van der Waals surface area contributed by atoms with Gasteiger partial charge in [0.05, 0.1) is 5.69 Å². The van der Waals surface area contributed by atoms with Gasteiger partial charge in [-0.05, 0) is 67.3 Å². The molecule has 4 saturated carbocycles. The van der Waals surface area contributed by atoms with Gasteiger partial charge in [-0.25, -0.2) is 4.98 Å². The third kappa shape index (κ3) is 1.82. The normalized spacial score (nSPS) is 39.7. The highest BCUT2D eigenvalue weighted by molar-refractivity contribution is 7.10. The van der Waals surface area contributed by atoms with Crippen LogP contribution in [0.1, 0.15) is 49.2 Å². The van der Waals surface area contributed by atoms with Gasteiger partial charge in [0, 0.05) is 11.9 Å². The molecule has 19 heavy (non-hydrogen) atoms. The summed E-state index contributed by atoms with van der Waals surface area (Å²) >= 11 is 1.74. The third-order valence-electron chi connectivity index (χ3n) is 5.70. The minimum Gasteiger partial charge on any atom is -0.325 e. The lowest BCUT2D eigenvalue weighted by Gasteiger charge is -2.57. The smallest absolute Gasteiger partial charge is 0.119 e. The number of allylic oxidation sites excluding steroid dienone is 1. The van der Waals surface area contributed by atoms with Gasteiger partial charge in [0.25, 0.3) is 0 Å². The molecule has 0 amide bonds. The van der Waals surface area contributed by atoms with Gasteiger partial charge in [-0.15, -0.1) is 11.3 Å². The number of thiazole rings is 1. The molecular weight excluding hydrogens is 252 g/mol. The van der Waals surface area contributed by atoms with E-state index in [2.05, 4.69) is 16.9 Å². The summed E-state index contributed by atoms with van der Waals surface area (Å²) in [6.45, 7) is 5.02. The fourth-order valence-corrected chi connectivity index (χ4v) is 6.17. The van der Waals surface area contributed by atoms with Gasteiger partial charge in [0.1, 0.15) is 5.01 Å². The van der Waals surface area contributed by atoms with E-state index < -0.39 is 0 Å². The highest BCUT2D eigenvalue weighted by Gasteiger charge is 2.52. The standard InChI is InChI=1S/C16H22N2S/c1-10(15-18-14(8-17)9-19-15)16-5-11-2-12(6-16)4-13(3-11)7-16/h9,11-13H,1-8,17H2. The van der Waals surface area contributed by atoms with Crippen LogP contribution < -0.4 is 5.73 Å². The predicted octanol–water partition coefficient (Wildman–Crippen LogP) is 3.83. The molecule has 3 heteroatoms. The van der Waals surface area contributed by atoms with E-state index in [0.29, 0.717) is 12.0 Å². The maximum atomic E-state index is 5.68. The third-order valence-corrected chi connectivity index (χ3v) is 6.65. The van der Waals surface area contributed by atoms with Crippen molar-refractivity contribution in [1.82, 2.24) is 4.98 Å². The minimum atomic E-state index is 0.387. The van der Waals surface area contributed by atoms with Crippen LogP contribution >= 0.6 is 11.3 Å². The summed E-state index contributed by atoms with van der Waals surface area (Å²) in [7, 11) is 0. The number of hydrogen-bond donors (Lipinski definition) is 1. The van der Waals surface area contributed by atoms with E-state index in [1.807, 2.05) is 0 Å². The second-order valence-electron chi connectivity index (χ2n) is 7.02. The van der Waals surface area contributed by atoms with Gasteiger partial charge in [0.2, 0.25) is 0 Å². The molecule has 0 spiro atoms. The van der Waals surface area contributed by atoms with E-state index >= 15 is 0 Å².